The molecule has 2 aromatic rings. The van der Waals surface area contributed by atoms with Gasteiger partial charge in [-0.05, 0) is 50.9 Å². The van der Waals surface area contributed by atoms with Gasteiger partial charge in [-0.15, -0.1) is 0 Å². The fourth-order valence-corrected chi connectivity index (χ4v) is 9.47. The number of nitriles is 1. The SMILES string of the molecule is COCOc1c(C)c(C)cc2c1[C@@H]1C3[C@@H]4SC[C@@H](C)C(=O)OC[C@H](c5c6c(c(C)c(O)c54)OCO6)N3[C@@H](C#N)[C@@H](C2)N1C.[Ac]. The molecule has 0 aromatic heterocycles. The van der Waals surface area contributed by atoms with Gasteiger partial charge in [-0.25, -0.2) is 0 Å². The van der Waals surface area contributed by atoms with Crippen molar-refractivity contribution in [3.8, 4) is 29.1 Å². The number of aromatic hydroxyl groups is 1. The molecule has 0 amide bonds. The molecule has 12 heteroatoms. The minimum absolute atomic E-state index is 0. The van der Waals surface area contributed by atoms with Crippen molar-refractivity contribution < 1.29 is 77.6 Å². The molecule has 2 aromatic carbocycles. The number of phenolic OH excluding ortho intramolecular Hbond substituents is 1. The molecule has 2 saturated heterocycles. The van der Waals surface area contributed by atoms with Crippen LogP contribution in [0.3, 0.4) is 0 Å². The number of fused-ring (bicyclic) bond motifs is 9. The van der Waals surface area contributed by atoms with Crippen LogP contribution in [0.25, 0.3) is 0 Å². The van der Waals surface area contributed by atoms with Crippen LogP contribution in [0.2, 0.25) is 0 Å². The molecule has 0 saturated carbocycles. The molecule has 1 radical (unpaired) electrons. The molecular weight excluding hydrogens is 797 g/mol. The topological polar surface area (TPSA) is 114 Å². The fraction of sp³-hybridized carbons (Fsp3) is 0.562. The molecule has 5 aliphatic heterocycles. The summed E-state index contributed by atoms with van der Waals surface area (Å²) in [4.78, 5) is 17.6. The van der Waals surface area contributed by atoms with E-state index in [2.05, 4.69) is 42.8 Å². The Balaban J connectivity index is 0.00000343. The summed E-state index contributed by atoms with van der Waals surface area (Å²) in [5.41, 5.74) is 6.62. The molecule has 5 aliphatic rings. The number of phenols is 1. The van der Waals surface area contributed by atoms with E-state index in [-0.39, 0.29) is 105 Å². The first-order chi connectivity index (χ1) is 20.7. The zero-order chi connectivity index (χ0) is 30.3. The van der Waals surface area contributed by atoms with Gasteiger partial charge in [0.1, 0.15) is 24.1 Å². The average Bonchev–Trinajstić information content (AvgIpc) is 3.48. The quantitative estimate of drug-likeness (QED) is 0.355. The first-order valence-electron chi connectivity index (χ1n) is 14.8. The summed E-state index contributed by atoms with van der Waals surface area (Å²) in [5, 5.41) is 22.4. The first-order valence-corrected chi connectivity index (χ1v) is 15.8. The van der Waals surface area contributed by atoms with Crippen molar-refractivity contribution in [2.24, 2.45) is 5.92 Å². The number of hydrogen-bond acceptors (Lipinski definition) is 11. The summed E-state index contributed by atoms with van der Waals surface area (Å²) in [7, 11) is 3.71. The summed E-state index contributed by atoms with van der Waals surface area (Å²) < 4.78 is 29.6. The van der Waals surface area contributed by atoms with Crippen LogP contribution in [0.1, 0.15) is 63.2 Å². The molecule has 0 aliphatic carbocycles. The van der Waals surface area contributed by atoms with Gasteiger partial charge in [0.2, 0.25) is 6.79 Å². The van der Waals surface area contributed by atoms with Crippen LogP contribution in [0, 0.1) is 82.1 Å². The van der Waals surface area contributed by atoms with Crippen LogP contribution in [0.5, 0.6) is 23.0 Å². The van der Waals surface area contributed by atoms with Gasteiger partial charge < -0.3 is 28.8 Å². The molecule has 7 atom stereocenters. The van der Waals surface area contributed by atoms with Crippen LogP contribution in [0.4, 0.5) is 0 Å². The number of cyclic esters (lactones) is 1. The first kappa shape index (κ1) is 32.2. The summed E-state index contributed by atoms with van der Waals surface area (Å²) in [6.07, 6.45) is 0.666. The third kappa shape index (κ3) is 4.59. The van der Waals surface area contributed by atoms with Crippen LogP contribution in [-0.2, 0) is 20.7 Å². The Morgan fingerprint density at radius 2 is 1.89 bits per heavy atom. The zero-order valence-corrected chi connectivity index (χ0v) is 31.4. The van der Waals surface area contributed by atoms with Gasteiger partial charge in [-0.2, -0.15) is 17.0 Å². The fourth-order valence-electron chi connectivity index (χ4n) is 7.95. The molecule has 44 heavy (non-hydrogen) atoms. The van der Waals surface area contributed by atoms with Crippen LogP contribution in [0.15, 0.2) is 6.07 Å². The van der Waals surface area contributed by atoms with Gasteiger partial charge in [0.25, 0.3) is 0 Å². The second-order valence-corrected chi connectivity index (χ2v) is 13.5. The number of nitrogens with zero attached hydrogens (tertiary/aromatic N) is 3. The average molecular weight is 835 g/mol. The van der Waals surface area contributed by atoms with Crippen molar-refractivity contribution in [2.75, 3.05) is 40.1 Å². The minimum Gasteiger partial charge on any atom is -0.507 e. The van der Waals surface area contributed by atoms with Gasteiger partial charge in [-0.1, -0.05) is 13.0 Å². The van der Waals surface area contributed by atoms with E-state index in [0.29, 0.717) is 29.2 Å². The Morgan fingerprint density at radius 3 is 2.61 bits per heavy atom. The maximum Gasteiger partial charge on any atom is 0.309 e. The molecule has 1 N–H and O–H groups in total. The predicted octanol–water partition coefficient (Wildman–Crippen LogP) is 4.22. The third-order valence-electron chi connectivity index (χ3n) is 10.1. The number of rotatable bonds is 3. The molecule has 231 valence electrons. The molecule has 2 fully saturated rings. The number of methoxy groups -OCH3 is 1. The smallest absolute Gasteiger partial charge is 0.309 e. The third-order valence-corrected chi connectivity index (χ3v) is 11.7. The van der Waals surface area contributed by atoms with Crippen LogP contribution in [-0.4, -0.2) is 79.1 Å². The van der Waals surface area contributed by atoms with Crippen LogP contribution < -0.4 is 14.2 Å². The van der Waals surface area contributed by atoms with E-state index in [1.54, 1.807) is 18.9 Å². The maximum atomic E-state index is 13.1. The molecular formula is C32H37AcN3O7S. The predicted molar refractivity (Wildman–Crippen MR) is 158 cm³/mol. The Kier molecular flexibility index (Phi) is 8.89. The molecule has 10 nitrogen and oxygen atoms in total. The van der Waals surface area contributed by atoms with Crippen LogP contribution >= 0.6 is 11.8 Å². The van der Waals surface area contributed by atoms with Crippen molar-refractivity contribution in [3.63, 3.8) is 0 Å². The second-order valence-electron chi connectivity index (χ2n) is 12.3. The number of hydrogen-bond donors (Lipinski definition) is 1. The number of aryl methyl sites for hydroxylation is 1. The van der Waals surface area contributed by atoms with Gasteiger partial charge >= 0.3 is 5.97 Å². The van der Waals surface area contributed by atoms with Gasteiger partial charge in [0.15, 0.2) is 18.3 Å². The number of likely N-dealkylation sites (N-methyl/N-ethyl adjacent to an activating group) is 1. The van der Waals surface area contributed by atoms with E-state index in [4.69, 9.17) is 23.7 Å². The number of carbonyl (C=O) groups is 1. The van der Waals surface area contributed by atoms with E-state index < -0.39 is 12.1 Å². The van der Waals surface area contributed by atoms with E-state index >= 15 is 0 Å². The van der Waals surface area contributed by atoms with Crippen molar-refractivity contribution in [3.05, 3.63) is 45.0 Å². The van der Waals surface area contributed by atoms with Gasteiger partial charge in [0.05, 0.1) is 29.3 Å². The number of benzene rings is 2. The van der Waals surface area contributed by atoms with Crippen molar-refractivity contribution in [1.82, 2.24) is 9.80 Å². The zero-order valence-electron chi connectivity index (χ0n) is 25.9. The van der Waals surface area contributed by atoms with Gasteiger partial charge in [0, 0.05) is 91.3 Å². The summed E-state index contributed by atoms with van der Waals surface area (Å²) >= 11 is 1.63. The minimum atomic E-state index is -0.521. The molecule has 1 unspecified atom stereocenters. The molecule has 5 heterocycles. The number of piperazine rings is 1. The number of thioether (sulfide) groups is 1. The van der Waals surface area contributed by atoms with Crippen molar-refractivity contribution in [1.29, 1.82) is 5.26 Å². The van der Waals surface area contributed by atoms with Crippen molar-refractivity contribution >= 4 is 17.7 Å². The molecule has 4 bridgehead atoms. The second kappa shape index (κ2) is 12.1. The summed E-state index contributed by atoms with van der Waals surface area (Å²) in [5.74, 6) is 1.96. The van der Waals surface area contributed by atoms with E-state index in [1.165, 1.54) is 5.56 Å². The number of esters is 1. The largest absolute Gasteiger partial charge is 0.507 e. The number of ether oxygens (including phenoxy) is 5. The van der Waals surface area contributed by atoms with E-state index in [0.717, 1.165) is 33.6 Å². The molecule has 7 rings (SSSR count). The Labute approximate surface area is 297 Å². The van der Waals surface area contributed by atoms with E-state index in [1.807, 2.05) is 13.8 Å². The number of carbonyl (C=O) groups excluding carboxylic acids is 1. The summed E-state index contributed by atoms with van der Waals surface area (Å²) in [6.45, 7) is 8.09. The van der Waals surface area contributed by atoms with Gasteiger partial charge in [-0.3, -0.25) is 14.6 Å². The Bertz CT molecular complexity index is 1560. The Hall–Kier alpha value is -1.73. The normalized spacial score (nSPS) is 30.3. The van der Waals surface area contributed by atoms with Crippen molar-refractivity contribution in [2.45, 2.75) is 69.6 Å². The standard InChI is InChI=1S/C32H37N3O7S.Ac/c1-14-7-18-8-19-20(9-33)35-21-10-39-32(37)15(2)11-43-31(24-23(21)30-29(41-13-42-30)17(4)27(24)36)26(35)25(34(19)5)22(18)28(16(14)3)40-12-38-6;/h7,15,19-21,25-26,31,36H,8,10-13H2,1-6H3;/t15-,19-,20+,21-,25-,26?,31-;/m1./s1. The monoisotopic (exact) mass is 834 g/mol. The maximum absolute atomic E-state index is 13.1. The van der Waals surface area contributed by atoms with E-state index in [9.17, 15) is 15.2 Å². The summed E-state index contributed by atoms with van der Waals surface area (Å²) in [6, 6.07) is 3.32. The molecule has 0 spiro atoms. The Morgan fingerprint density at radius 1 is 1.14 bits per heavy atom.